The van der Waals surface area contributed by atoms with Gasteiger partial charge in [0.2, 0.25) is 5.78 Å². The number of nitrogens with zero attached hydrogens (tertiary/aromatic N) is 2. The molecule has 176 valence electrons. The predicted octanol–water partition coefficient (Wildman–Crippen LogP) is 4.37. The number of ketones is 1. The minimum Gasteiger partial charge on any atom is -0.464 e. The summed E-state index contributed by atoms with van der Waals surface area (Å²) in [6, 6.07) is 7.14. The molecule has 0 radical (unpaired) electrons. The maximum absolute atomic E-state index is 13.4. The molecule has 0 atom stereocenters. The summed E-state index contributed by atoms with van der Waals surface area (Å²) in [6.45, 7) is 7.64. The number of rotatable bonds is 9. The first-order valence-electron chi connectivity index (χ1n) is 10.4. The molecule has 3 rings (SSSR count). The van der Waals surface area contributed by atoms with Gasteiger partial charge in [0.15, 0.2) is 10.7 Å². The summed E-state index contributed by atoms with van der Waals surface area (Å²) in [7, 11) is 2.89. The highest BCUT2D eigenvalue weighted by molar-refractivity contribution is 7.12. The highest BCUT2D eigenvalue weighted by atomic mass is 32.1. The Balaban J connectivity index is 1.92. The molecule has 0 bridgehead atoms. The molecule has 2 heterocycles. The third-order valence-electron chi connectivity index (χ3n) is 5.50. The fraction of sp³-hybridized carbons (Fsp3) is 0.417. The molecule has 0 aliphatic carbocycles. The molecule has 1 aromatic carbocycles. The number of ether oxygens (including phenoxy) is 3. The molecule has 0 aliphatic heterocycles. The first-order valence-corrected chi connectivity index (χ1v) is 11.3. The average Bonchev–Trinajstić information content (AvgIpc) is 3.43. The van der Waals surface area contributed by atoms with Crippen LogP contribution in [-0.4, -0.2) is 59.2 Å². The number of aromatic nitrogens is 2. The zero-order valence-corrected chi connectivity index (χ0v) is 20.4. The van der Waals surface area contributed by atoms with Gasteiger partial charge >= 0.3 is 5.97 Å². The number of benzene rings is 1. The van der Waals surface area contributed by atoms with Gasteiger partial charge in [-0.2, -0.15) is 0 Å². The Labute approximate surface area is 196 Å². The van der Waals surface area contributed by atoms with Crippen molar-refractivity contribution in [2.24, 2.45) is 0 Å². The summed E-state index contributed by atoms with van der Waals surface area (Å²) in [6.07, 6.45) is 2.13. The summed E-state index contributed by atoms with van der Waals surface area (Å²) >= 11 is 1.05. The van der Waals surface area contributed by atoms with Crippen LogP contribution in [0.5, 0.6) is 0 Å². The number of esters is 1. The highest BCUT2D eigenvalue weighted by Gasteiger charge is 2.33. The molecule has 3 aromatic rings. The molecule has 0 saturated carbocycles. The molecular formula is C24H28N2O6S. The van der Waals surface area contributed by atoms with E-state index in [1.165, 1.54) is 23.3 Å². The zero-order valence-electron chi connectivity index (χ0n) is 19.6. The van der Waals surface area contributed by atoms with Crippen molar-refractivity contribution in [2.45, 2.75) is 45.3 Å². The first kappa shape index (κ1) is 24.8. The van der Waals surface area contributed by atoms with Gasteiger partial charge in [0.05, 0.1) is 30.4 Å². The Morgan fingerprint density at radius 1 is 1.09 bits per heavy atom. The minimum atomic E-state index is -1.13. The van der Waals surface area contributed by atoms with Crippen molar-refractivity contribution in [3.05, 3.63) is 52.1 Å². The lowest BCUT2D eigenvalue weighted by molar-refractivity contribution is -0.0484. The van der Waals surface area contributed by atoms with Crippen LogP contribution < -0.4 is 0 Å². The summed E-state index contributed by atoms with van der Waals surface area (Å²) in [5.41, 5.74) is -0.523. The number of methoxy groups -OCH3 is 2. The maximum atomic E-state index is 13.4. The molecular weight excluding hydrogens is 444 g/mol. The third-order valence-corrected chi connectivity index (χ3v) is 6.34. The topological polar surface area (TPSA) is 96.7 Å². The minimum absolute atomic E-state index is 0.0687. The maximum Gasteiger partial charge on any atom is 0.357 e. The molecule has 0 N–H and O–H groups in total. The lowest BCUT2D eigenvalue weighted by Gasteiger charge is -2.28. The summed E-state index contributed by atoms with van der Waals surface area (Å²) < 4.78 is 17.4. The van der Waals surface area contributed by atoms with E-state index in [4.69, 9.17) is 9.47 Å². The van der Waals surface area contributed by atoms with Crippen LogP contribution in [0.4, 0.5) is 0 Å². The second-order valence-electron chi connectivity index (χ2n) is 8.67. The van der Waals surface area contributed by atoms with Crippen LogP contribution in [0.2, 0.25) is 0 Å². The molecule has 0 aliphatic rings. The molecule has 0 saturated heterocycles. The summed E-state index contributed by atoms with van der Waals surface area (Å²) in [5.74, 6) is -1.29. The van der Waals surface area contributed by atoms with Crippen LogP contribution in [0.25, 0.3) is 10.9 Å². The molecule has 0 fully saturated rings. The van der Waals surface area contributed by atoms with Crippen molar-refractivity contribution in [1.82, 2.24) is 9.55 Å². The van der Waals surface area contributed by atoms with Gasteiger partial charge < -0.3 is 14.2 Å². The van der Waals surface area contributed by atoms with Crippen molar-refractivity contribution in [2.75, 3.05) is 20.8 Å². The molecule has 33 heavy (non-hydrogen) atoms. The summed E-state index contributed by atoms with van der Waals surface area (Å²) in [4.78, 5) is 42.5. The number of thiazole rings is 1. The van der Waals surface area contributed by atoms with Crippen LogP contribution >= 0.6 is 11.3 Å². The number of hydrogen-bond acceptors (Lipinski definition) is 8. The van der Waals surface area contributed by atoms with E-state index in [0.29, 0.717) is 29.5 Å². The van der Waals surface area contributed by atoms with E-state index in [9.17, 15) is 14.4 Å². The van der Waals surface area contributed by atoms with E-state index >= 15 is 0 Å². The monoisotopic (exact) mass is 472 g/mol. The Kier molecular flexibility index (Phi) is 7.16. The zero-order chi connectivity index (χ0) is 24.4. The number of carbonyl (C=O) groups is 3. The van der Waals surface area contributed by atoms with E-state index in [1.54, 1.807) is 45.2 Å². The molecule has 0 spiro atoms. The van der Waals surface area contributed by atoms with Gasteiger partial charge in [-0.3, -0.25) is 14.2 Å². The second kappa shape index (κ2) is 9.54. The molecule has 8 nitrogen and oxygen atoms in total. The lowest BCUT2D eigenvalue weighted by atomic mass is 10.1. The van der Waals surface area contributed by atoms with E-state index in [0.717, 1.165) is 11.3 Å². The quantitative estimate of drug-likeness (QED) is 0.337. The first-order chi connectivity index (χ1) is 15.5. The Hall–Kier alpha value is -2.88. The van der Waals surface area contributed by atoms with Crippen molar-refractivity contribution < 1.29 is 28.6 Å². The van der Waals surface area contributed by atoms with E-state index in [2.05, 4.69) is 9.72 Å². The van der Waals surface area contributed by atoms with Crippen molar-refractivity contribution in [3.8, 4) is 0 Å². The largest absolute Gasteiger partial charge is 0.464 e. The van der Waals surface area contributed by atoms with Crippen molar-refractivity contribution in [1.29, 1.82) is 0 Å². The van der Waals surface area contributed by atoms with Gasteiger partial charge in [-0.05, 0) is 40.2 Å². The normalized spacial score (nSPS) is 12.2. The van der Waals surface area contributed by atoms with Crippen LogP contribution in [0.15, 0.2) is 35.8 Å². The van der Waals surface area contributed by atoms with Crippen LogP contribution in [-0.2, 0) is 14.2 Å². The van der Waals surface area contributed by atoms with Crippen LogP contribution in [0.3, 0.4) is 0 Å². The Morgan fingerprint density at radius 3 is 2.45 bits per heavy atom. The fourth-order valence-electron chi connectivity index (χ4n) is 3.23. The average molecular weight is 473 g/mol. The molecule has 0 unspecified atom stereocenters. The predicted molar refractivity (Wildman–Crippen MR) is 125 cm³/mol. The van der Waals surface area contributed by atoms with Gasteiger partial charge in [-0.1, -0.05) is 18.2 Å². The Morgan fingerprint density at radius 2 is 1.79 bits per heavy atom. The third kappa shape index (κ3) is 5.21. The standard InChI is InChI=1S/C24H28N2O6S/c1-23(2,31-6)11-12-32-24(3,4)22(29)26-13-16(15-9-7-8-10-18(15)26)19(27)20-25-17(14-33-20)21(28)30-5/h7-10,13-14H,11-12H2,1-6H3. The summed E-state index contributed by atoms with van der Waals surface area (Å²) in [5, 5.41) is 2.23. The number of carbonyl (C=O) groups excluding carboxylic acids is 3. The van der Waals surface area contributed by atoms with Crippen LogP contribution in [0.1, 0.15) is 64.8 Å². The lowest BCUT2D eigenvalue weighted by Crippen LogP contribution is -2.40. The second-order valence-corrected chi connectivity index (χ2v) is 9.52. The smallest absolute Gasteiger partial charge is 0.357 e. The van der Waals surface area contributed by atoms with Gasteiger partial charge in [-0.15, -0.1) is 11.3 Å². The number of hydrogen-bond donors (Lipinski definition) is 0. The van der Waals surface area contributed by atoms with Crippen LogP contribution in [0, 0.1) is 0 Å². The van der Waals surface area contributed by atoms with E-state index in [1.807, 2.05) is 13.8 Å². The molecule has 9 heteroatoms. The highest BCUT2D eigenvalue weighted by Crippen LogP contribution is 2.28. The van der Waals surface area contributed by atoms with Gasteiger partial charge in [-0.25, -0.2) is 9.78 Å². The fourth-order valence-corrected chi connectivity index (χ4v) is 3.97. The number of fused-ring (bicyclic) bond motifs is 1. The SMILES string of the molecule is COC(=O)c1csc(C(=O)c2cn(C(=O)C(C)(C)OCCC(C)(C)OC)c3ccccc23)n1. The van der Waals surface area contributed by atoms with Crippen molar-refractivity contribution in [3.63, 3.8) is 0 Å². The van der Waals surface area contributed by atoms with E-state index in [-0.39, 0.29) is 28.0 Å². The van der Waals surface area contributed by atoms with Gasteiger partial charge in [0, 0.05) is 24.1 Å². The Bertz CT molecular complexity index is 1190. The van der Waals surface area contributed by atoms with Gasteiger partial charge in [0.25, 0.3) is 5.91 Å². The van der Waals surface area contributed by atoms with Crippen molar-refractivity contribution >= 4 is 39.9 Å². The van der Waals surface area contributed by atoms with Gasteiger partial charge in [0.1, 0.15) is 5.60 Å². The molecule has 0 amide bonds. The molecule has 2 aromatic heterocycles. The number of para-hydroxylation sites is 1. The van der Waals surface area contributed by atoms with E-state index < -0.39 is 11.6 Å².